The van der Waals surface area contributed by atoms with Crippen molar-refractivity contribution in [2.75, 3.05) is 6.54 Å². The van der Waals surface area contributed by atoms with Crippen LogP contribution in [0.25, 0.3) is 10.8 Å². The summed E-state index contributed by atoms with van der Waals surface area (Å²) in [6.45, 7) is 2.38. The molecule has 2 aromatic rings. The number of aliphatic hydroxyl groups is 1. The first kappa shape index (κ1) is 14.5. The maximum Gasteiger partial charge on any atom is 0.224 e. The van der Waals surface area contributed by atoms with Crippen molar-refractivity contribution in [3.63, 3.8) is 0 Å². The number of hydrogen-bond acceptors (Lipinski definition) is 2. The smallest absolute Gasteiger partial charge is 0.224 e. The summed E-state index contributed by atoms with van der Waals surface area (Å²) in [6, 6.07) is 14.1. The van der Waals surface area contributed by atoms with Gasteiger partial charge < -0.3 is 10.4 Å². The van der Waals surface area contributed by atoms with Gasteiger partial charge in [0.15, 0.2) is 0 Å². The lowest BCUT2D eigenvalue weighted by atomic mass is 10.0. The van der Waals surface area contributed by atoms with Gasteiger partial charge in [-0.1, -0.05) is 42.5 Å². The van der Waals surface area contributed by atoms with Gasteiger partial charge in [-0.05, 0) is 36.1 Å². The lowest BCUT2D eigenvalue weighted by Gasteiger charge is -2.08. The van der Waals surface area contributed by atoms with Gasteiger partial charge in [0.05, 0.1) is 12.5 Å². The second-order valence-electron chi connectivity index (χ2n) is 5.16. The molecule has 0 saturated heterocycles. The van der Waals surface area contributed by atoms with Gasteiger partial charge in [-0.3, -0.25) is 4.79 Å². The summed E-state index contributed by atoms with van der Waals surface area (Å²) in [5.74, 6) is 0.0342. The summed E-state index contributed by atoms with van der Waals surface area (Å²) >= 11 is 0. The summed E-state index contributed by atoms with van der Waals surface area (Å²) < 4.78 is 0. The maximum atomic E-state index is 11.9. The van der Waals surface area contributed by atoms with E-state index in [0.29, 0.717) is 19.4 Å². The largest absolute Gasteiger partial charge is 0.393 e. The van der Waals surface area contributed by atoms with Crippen molar-refractivity contribution < 1.29 is 9.90 Å². The molecule has 3 nitrogen and oxygen atoms in total. The number of carbonyl (C=O) groups is 1. The molecule has 3 heteroatoms. The normalized spacial score (nSPS) is 12.3. The van der Waals surface area contributed by atoms with Gasteiger partial charge in [-0.25, -0.2) is 0 Å². The van der Waals surface area contributed by atoms with Crippen molar-refractivity contribution in [3.05, 3.63) is 48.0 Å². The number of fused-ring (bicyclic) bond motifs is 1. The zero-order valence-corrected chi connectivity index (χ0v) is 11.8. The van der Waals surface area contributed by atoms with E-state index in [4.69, 9.17) is 5.11 Å². The number of aliphatic hydroxyl groups excluding tert-OH is 1. The predicted molar refractivity (Wildman–Crippen MR) is 81.6 cm³/mol. The summed E-state index contributed by atoms with van der Waals surface area (Å²) in [4.78, 5) is 11.9. The van der Waals surface area contributed by atoms with Crippen LogP contribution < -0.4 is 5.32 Å². The first-order valence-corrected chi connectivity index (χ1v) is 7.08. The fourth-order valence-corrected chi connectivity index (χ4v) is 2.31. The van der Waals surface area contributed by atoms with Gasteiger partial charge in [0.1, 0.15) is 0 Å². The fraction of sp³-hybridized carbons (Fsp3) is 0.353. The molecule has 2 rings (SSSR count). The molecule has 0 heterocycles. The van der Waals surface area contributed by atoms with E-state index in [-0.39, 0.29) is 12.0 Å². The monoisotopic (exact) mass is 271 g/mol. The van der Waals surface area contributed by atoms with Gasteiger partial charge >= 0.3 is 0 Å². The number of benzene rings is 2. The molecule has 2 aromatic carbocycles. The number of rotatable bonds is 6. The molecule has 106 valence electrons. The second-order valence-corrected chi connectivity index (χ2v) is 5.16. The third-order valence-corrected chi connectivity index (χ3v) is 3.35. The van der Waals surface area contributed by atoms with E-state index >= 15 is 0 Å². The highest BCUT2D eigenvalue weighted by Gasteiger charge is 2.06. The molecule has 0 saturated carbocycles. The Hall–Kier alpha value is -1.87. The van der Waals surface area contributed by atoms with E-state index in [1.54, 1.807) is 6.92 Å². The van der Waals surface area contributed by atoms with Gasteiger partial charge in [-0.15, -0.1) is 0 Å². The second kappa shape index (κ2) is 7.06. The minimum atomic E-state index is -0.301. The average Bonchev–Trinajstić information content (AvgIpc) is 2.44. The van der Waals surface area contributed by atoms with Crippen LogP contribution in [0.3, 0.4) is 0 Å². The van der Waals surface area contributed by atoms with Gasteiger partial charge in [0, 0.05) is 6.54 Å². The molecule has 0 aliphatic heterocycles. The first-order valence-electron chi connectivity index (χ1n) is 7.08. The quantitative estimate of drug-likeness (QED) is 0.794. The number of amides is 1. The van der Waals surface area contributed by atoms with E-state index in [1.165, 1.54) is 0 Å². The van der Waals surface area contributed by atoms with Crippen molar-refractivity contribution >= 4 is 16.7 Å². The van der Waals surface area contributed by atoms with E-state index in [0.717, 1.165) is 22.8 Å². The van der Waals surface area contributed by atoms with Gasteiger partial charge in [-0.2, -0.15) is 0 Å². The molecule has 0 aliphatic carbocycles. The Morgan fingerprint density at radius 1 is 1.20 bits per heavy atom. The summed E-state index contributed by atoms with van der Waals surface area (Å²) in [7, 11) is 0. The van der Waals surface area contributed by atoms with Crippen LogP contribution in [0, 0.1) is 0 Å². The Labute approximate surface area is 119 Å². The molecule has 2 N–H and O–H groups in total. The summed E-state index contributed by atoms with van der Waals surface area (Å²) in [5, 5.41) is 14.4. The minimum absolute atomic E-state index is 0.0342. The number of nitrogens with one attached hydrogen (secondary N) is 1. The number of hydrogen-bond donors (Lipinski definition) is 2. The molecule has 1 amide bonds. The zero-order chi connectivity index (χ0) is 14.4. The molecule has 1 unspecified atom stereocenters. The molecule has 0 fully saturated rings. The van der Waals surface area contributed by atoms with Gasteiger partial charge in [0.25, 0.3) is 0 Å². The van der Waals surface area contributed by atoms with Crippen LogP contribution in [0.1, 0.15) is 25.3 Å². The molecular weight excluding hydrogens is 250 g/mol. The Kier molecular flexibility index (Phi) is 5.13. The molecule has 1 atom stereocenters. The minimum Gasteiger partial charge on any atom is -0.393 e. The van der Waals surface area contributed by atoms with Gasteiger partial charge in [0.2, 0.25) is 5.91 Å². The van der Waals surface area contributed by atoms with Crippen molar-refractivity contribution in [2.45, 2.75) is 32.3 Å². The Balaban J connectivity index is 1.93. The third-order valence-electron chi connectivity index (χ3n) is 3.35. The summed E-state index contributed by atoms with van der Waals surface area (Å²) in [5.41, 5.74) is 1.05. The highest BCUT2D eigenvalue weighted by atomic mass is 16.3. The van der Waals surface area contributed by atoms with Crippen LogP contribution >= 0.6 is 0 Å². The van der Waals surface area contributed by atoms with Crippen molar-refractivity contribution in [2.24, 2.45) is 0 Å². The van der Waals surface area contributed by atoms with E-state index < -0.39 is 0 Å². The van der Waals surface area contributed by atoms with Crippen LogP contribution in [-0.2, 0) is 11.2 Å². The summed E-state index contributed by atoms with van der Waals surface area (Å²) in [6.07, 6.45) is 1.62. The van der Waals surface area contributed by atoms with Crippen LogP contribution in [-0.4, -0.2) is 23.7 Å². The van der Waals surface area contributed by atoms with Crippen LogP contribution in [0.4, 0.5) is 0 Å². The Bertz CT molecular complexity index is 573. The first-order chi connectivity index (χ1) is 9.66. The molecule has 0 bridgehead atoms. The lowest BCUT2D eigenvalue weighted by molar-refractivity contribution is -0.120. The highest BCUT2D eigenvalue weighted by Crippen LogP contribution is 2.18. The van der Waals surface area contributed by atoms with E-state index in [2.05, 4.69) is 17.4 Å². The van der Waals surface area contributed by atoms with Crippen LogP contribution in [0.15, 0.2) is 42.5 Å². The molecule has 0 aromatic heterocycles. The van der Waals surface area contributed by atoms with E-state index in [9.17, 15) is 4.79 Å². The van der Waals surface area contributed by atoms with Crippen molar-refractivity contribution in [1.82, 2.24) is 5.32 Å². The Morgan fingerprint density at radius 2 is 1.95 bits per heavy atom. The third kappa shape index (κ3) is 4.07. The SMILES string of the molecule is CC(O)CCCNC(=O)Cc1cccc2ccccc12. The molecular formula is C17H21NO2. The van der Waals surface area contributed by atoms with Crippen LogP contribution in [0.5, 0.6) is 0 Å². The average molecular weight is 271 g/mol. The van der Waals surface area contributed by atoms with Crippen molar-refractivity contribution in [1.29, 1.82) is 0 Å². The molecule has 0 aliphatic rings. The zero-order valence-electron chi connectivity index (χ0n) is 11.8. The topological polar surface area (TPSA) is 49.3 Å². The van der Waals surface area contributed by atoms with Crippen LogP contribution in [0.2, 0.25) is 0 Å². The highest BCUT2D eigenvalue weighted by molar-refractivity contribution is 5.90. The lowest BCUT2D eigenvalue weighted by Crippen LogP contribution is -2.26. The van der Waals surface area contributed by atoms with Crippen molar-refractivity contribution in [3.8, 4) is 0 Å². The molecule has 0 spiro atoms. The molecule has 0 radical (unpaired) electrons. The standard InChI is InChI=1S/C17H21NO2/c1-13(19)6-5-11-18-17(20)12-15-9-4-8-14-7-2-3-10-16(14)15/h2-4,7-10,13,19H,5-6,11-12H2,1H3,(H,18,20). The van der Waals surface area contributed by atoms with E-state index in [1.807, 2.05) is 30.3 Å². The Morgan fingerprint density at radius 3 is 2.75 bits per heavy atom. The molecule has 20 heavy (non-hydrogen) atoms. The fourth-order valence-electron chi connectivity index (χ4n) is 2.31. The predicted octanol–water partition coefficient (Wildman–Crippen LogP) is 2.66. The maximum absolute atomic E-state index is 11.9. The number of carbonyl (C=O) groups excluding carboxylic acids is 1.